The first-order valence-corrected chi connectivity index (χ1v) is 10.1. The van der Waals surface area contributed by atoms with Gasteiger partial charge in [-0.05, 0) is 32.0 Å². The molecule has 0 spiro atoms. The summed E-state index contributed by atoms with van der Waals surface area (Å²) in [6.45, 7) is 9.85. The number of hydrogen-bond acceptors (Lipinski definition) is 5. The zero-order valence-electron chi connectivity index (χ0n) is 15.3. The summed E-state index contributed by atoms with van der Waals surface area (Å²) in [5, 5.41) is 0. The molecule has 136 valence electrons. The SMILES string of the molecule is CCc1oc(C(=O)N(Cc2cncs2)C2CC2)cc1CN(CC)CC. The Morgan fingerprint density at radius 3 is 2.60 bits per heavy atom. The Bertz CT molecular complexity index is 688. The third-order valence-electron chi connectivity index (χ3n) is 4.78. The van der Waals surface area contributed by atoms with Crippen molar-refractivity contribution >= 4 is 17.2 Å². The average Bonchev–Trinajstić information content (AvgIpc) is 3.18. The second-order valence-electron chi connectivity index (χ2n) is 6.51. The van der Waals surface area contributed by atoms with Crippen molar-refractivity contribution in [1.29, 1.82) is 0 Å². The third-order valence-corrected chi connectivity index (χ3v) is 5.54. The molecule has 6 heteroatoms. The number of furan rings is 1. The summed E-state index contributed by atoms with van der Waals surface area (Å²) in [5.41, 5.74) is 2.96. The summed E-state index contributed by atoms with van der Waals surface area (Å²) < 4.78 is 5.96. The Kier molecular flexibility index (Phi) is 5.91. The number of hydrogen-bond donors (Lipinski definition) is 0. The molecule has 25 heavy (non-hydrogen) atoms. The number of aromatic nitrogens is 1. The van der Waals surface area contributed by atoms with Crippen LogP contribution in [0.1, 0.15) is 60.4 Å². The van der Waals surface area contributed by atoms with Crippen molar-refractivity contribution in [3.8, 4) is 0 Å². The fraction of sp³-hybridized carbons (Fsp3) is 0.579. The van der Waals surface area contributed by atoms with Crippen LogP contribution in [0.2, 0.25) is 0 Å². The Morgan fingerprint density at radius 1 is 1.28 bits per heavy atom. The van der Waals surface area contributed by atoms with Crippen molar-refractivity contribution in [3.63, 3.8) is 0 Å². The molecule has 0 aromatic carbocycles. The van der Waals surface area contributed by atoms with Gasteiger partial charge in [0, 0.05) is 35.6 Å². The second kappa shape index (κ2) is 8.15. The fourth-order valence-corrected chi connectivity index (χ4v) is 3.67. The van der Waals surface area contributed by atoms with Crippen molar-refractivity contribution in [2.24, 2.45) is 0 Å². The minimum atomic E-state index is 0.0106. The number of aryl methyl sites for hydroxylation is 1. The largest absolute Gasteiger partial charge is 0.456 e. The highest BCUT2D eigenvalue weighted by molar-refractivity contribution is 7.09. The zero-order chi connectivity index (χ0) is 17.8. The van der Waals surface area contributed by atoms with Gasteiger partial charge in [-0.2, -0.15) is 0 Å². The molecule has 0 unspecified atom stereocenters. The van der Waals surface area contributed by atoms with E-state index < -0.39 is 0 Å². The predicted octanol–water partition coefficient (Wildman–Crippen LogP) is 3.95. The first-order chi connectivity index (χ1) is 12.2. The molecule has 0 bridgehead atoms. The van der Waals surface area contributed by atoms with Crippen LogP contribution in [0.4, 0.5) is 0 Å². The van der Waals surface area contributed by atoms with Crippen molar-refractivity contribution < 1.29 is 9.21 Å². The van der Waals surface area contributed by atoms with E-state index in [9.17, 15) is 4.79 Å². The normalized spacial score (nSPS) is 14.2. The van der Waals surface area contributed by atoms with Crippen LogP contribution in [0.25, 0.3) is 0 Å². The molecule has 2 heterocycles. The number of amides is 1. The van der Waals surface area contributed by atoms with Crippen molar-refractivity contribution in [1.82, 2.24) is 14.8 Å². The molecule has 2 aromatic rings. The van der Waals surface area contributed by atoms with Crippen LogP contribution in [-0.2, 0) is 19.5 Å². The monoisotopic (exact) mass is 361 g/mol. The number of carbonyl (C=O) groups excluding carboxylic acids is 1. The van der Waals surface area contributed by atoms with E-state index in [1.165, 1.54) is 0 Å². The van der Waals surface area contributed by atoms with Gasteiger partial charge < -0.3 is 9.32 Å². The minimum Gasteiger partial charge on any atom is -0.456 e. The van der Waals surface area contributed by atoms with Crippen LogP contribution >= 0.6 is 11.3 Å². The van der Waals surface area contributed by atoms with E-state index >= 15 is 0 Å². The molecule has 2 aromatic heterocycles. The maximum atomic E-state index is 13.1. The van der Waals surface area contributed by atoms with E-state index in [4.69, 9.17) is 4.42 Å². The first-order valence-electron chi connectivity index (χ1n) is 9.18. The second-order valence-corrected chi connectivity index (χ2v) is 7.48. The molecule has 1 saturated carbocycles. The van der Waals surface area contributed by atoms with Crippen LogP contribution in [0, 0.1) is 0 Å². The van der Waals surface area contributed by atoms with Gasteiger partial charge in [-0.25, -0.2) is 0 Å². The van der Waals surface area contributed by atoms with Gasteiger partial charge in [0.15, 0.2) is 5.76 Å². The Balaban J connectivity index is 1.79. The molecule has 0 atom stereocenters. The number of thiazole rings is 1. The Labute approximate surface area is 153 Å². The lowest BCUT2D eigenvalue weighted by atomic mass is 10.2. The Morgan fingerprint density at radius 2 is 2.04 bits per heavy atom. The minimum absolute atomic E-state index is 0.0106. The molecule has 0 saturated heterocycles. The third kappa shape index (κ3) is 4.30. The summed E-state index contributed by atoms with van der Waals surface area (Å²) in [7, 11) is 0. The van der Waals surface area contributed by atoms with Gasteiger partial charge >= 0.3 is 0 Å². The van der Waals surface area contributed by atoms with Crippen LogP contribution in [0.5, 0.6) is 0 Å². The molecule has 0 aliphatic heterocycles. The van der Waals surface area contributed by atoms with Crippen LogP contribution in [-0.4, -0.2) is 39.8 Å². The molecule has 3 rings (SSSR count). The molecule has 0 radical (unpaired) electrons. The molecule has 1 aliphatic carbocycles. The van der Waals surface area contributed by atoms with Crippen molar-refractivity contribution in [2.75, 3.05) is 13.1 Å². The summed E-state index contributed by atoms with van der Waals surface area (Å²) in [4.78, 5) is 22.6. The van der Waals surface area contributed by atoms with E-state index in [0.29, 0.717) is 18.3 Å². The van der Waals surface area contributed by atoms with Gasteiger partial charge in [-0.1, -0.05) is 20.8 Å². The van der Waals surface area contributed by atoms with E-state index in [1.54, 1.807) is 11.3 Å². The highest BCUT2D eigenvalue weighted by Gasteiger charge is 2.35. The fourth-order valence-electron chi connectivity index (χ4n) is 3.08. The van der Waals surface area contributed by atoms with Gasteiger partial charge in [0.1, 0.15) is 5.76 Å². The average molecular weight is 362 g/mol. The lowest BCUT2D eigenvalue weighted by molar-refractivity contribution is 0.0697. The first kappa shape index (κ1) is 18.1. The van der Waals surface area contributed by atoms with Gasteiger partial charge in [0.25, 0.3) is 5.91 Å². The van der Waals surface area contributed by atoms with Gasteiger partial charge in [-0.15, -0.1) is 11.3 Å². The van der Waals surface area contributed by atoms with E-state index in [-0.39, 0.29) is 5.91 Å². The zero-order valence-corrected chi connectivity index (χ0v) is 16.1. The van der Waals surface area contributed by atoms with Gasteiger partial charge in [0.05, 0.1) is 12.1 Å². The van der Waals surface area contributed by atoms with Crippen LogP contribution < -0.4 is 0 Å². The molecule has 1 fully saturated rings. The van der Waals surface area contributed by atoms with Gasteiger partial charge in [0.2, 0.25) is 0 Å². The number of carbonyl (C=O) groups is 1. The lowest BCUT2D eigenvalue weighted by Crippen LogP contribution is -2.32. The van der Waals surface area contributed by atoms with Crippen molar-refractivity contribution in [2.45, 2.75) is 59.2 Å². The Hall–Kier alpha value is -1.66. The van der Waals surface area contributed by atoms with Crippen LogP contribution in [0.15, 0.2) is 22.2 Å². The maximum Gasteiger partial charge on any atom is 0.290 e. The predicted molar refractivity (Wildman–Crippen MR) is 99.7 cm³/mol. The summed E-state index contributed by atoms with van der Waals surface area (Å²) in [5.74, 6) is 1.43. The maximum absolute atomic E-state index is 13.1. The van der Waals surface area contributed by atoms with Crippen molar-refractivity contribution in [3.05, 3.63) is 39.7 Å². The molecule has 1 aliphatic rings. The van der Waals surface area contributed by atoms with E-state index in [0.717, 1.165) is 55.1 Å². The summed E-state index contributed by atoms with van der Waals surface area (Å²) >= 11 is 1.59. The van der Waals surface area contributed by atoms with E-state index in [1.807, 2.05) is 22.7 Å². The quantitative estimate of drug-likeness (QED) is 0.679. The molecular formula is C19H27N3O2S. The molecule has 0 N–H and O–H groups in total. The van der Waals surface area contributed by atoms with E-state index in [2.05, 4.69) is 30.7 Å². The summed E-state index contributed by atoms with van der Waals surface area (Å²) in [6, 6.07) is 2.30. The standard InChI is InChI=1S/C19H27N3O2S/c1-4-17-14(11-21(5-2)6-3)9-18(24-17)19(23)22(15-7-8-15)12-16-10-20-13-25-16/h9-10,13,15H,4-8,11-12H2,1-3H3. The topological polar surface area (TPSA) is 49.6 Å². The number of rotatable bonds is 9. The van der Waals surface area contributed by atoms with Gasteiger partial charge in [-0.3, -0.25) is 14.7 Å². The molecule has 5 nitrogen and oxygen atoms in total. The lowest BCUT2D eigenvalue weighted by Gasteiger charge is -2.20. The highest BCUT2D eigenvalue weighted by atomic mass is 32.1. The number of nitrogens with zero attached hydrogens (tertiary/aromatic N) is 3. The molecular weight excluding hydrogens is 334 g/mol. The highest BCUT2D eigenvalue weighted by Crippen LogP contribution is 2.31. The smallest absolute Gasteiger partial charge is 0.290 e. The molecule has 1 amide bonds. The van der Waals surface area contributed by atoms with Crippen LogP contribution in [0.3, 0.4) is 0 Å². The summed E-state index contributed by atoms with van der Waals surface area (Å²) in [6.07, 6.45) is 4.82.